The Morgan fingerprint density at radius 3 is 2.45 bits per heavy atom. The topological polar surface area (TPSA) is 137 Å². The van der Waals surface area contributed by atoms with Crippen molar-refractivity contribution in [3.8, 4) is 5.75 Å². The number of carbonyl (C=O) groups is 1. The molecule has 0 unspecified atom stereocenters. The molecule has 3 rings (SSSR count). The summed E-state index contributed by atoms with van der Waals surface area (Å²) in [6.07, 6.45) is 0. The van der Waals surface area contributed by atoms with Crippen molar-refractivity contribution < 1.29 is 24.1 Å². The van der Waals surface area contributed by atoms with Crippen molar-refractivity contribution in [3.63, 3.8) is 0 Å². The van der Waals surface area contributed by atoms with Crippen LogP contribution < -0.4 is 15.0 Å². The second-order valence-electron chi connectivity index (χ2n) is 6.16. The predicted molar refractivity (Wildman–Crippen MR) is 104 cm³/mol. The van der Waals surface area contributed by atoms with Gasteiger partial charge in [-0.05, 0) is 18.2 Å². The van der Waals surface area contributed by atoms with E-state index in [2.05, 4.69) is 5.32 Å². The van der Waals surface area contributed by atoms with E-state index in [0.29, 0.717) is 32.0 Å². The van der Waals surface area contributed by atoms with Crippen molar-refractivity contribution in [2.45, 2.75) is 0 Å². The second kappa shape index (κ2) is 8.52. The van der Waals surface area contributed by atoms with E-state index in [1.54, 1.807) is 0 Å². The highest BCUT2D eigenvalue weighted by molar-refractivity contribution is 6.06. The lowest BCUT2D eigenvalue weighted by molar-refractivity contribution is -0.384. The third-order valence-corrected chi connectivity index (χ3v) is 4.43. The first-order chi connectivity index (χ1) is 13.9. The zero-order valence-electron chi connectivity index (χ0n) is 15.5. The van der Waals surface area contributed by atoms with E-state index in [1.807, 2.05) is 4.90 Å². The molecular formula is C18H18N4O7. The summed E-state index contributed by atoms with van der Waals surface area (Å²) in [5, 5.41) is 25.0. The number of non-ortho nitro benzene ring substituents is 1. The molecule has 1 amide bonds. The van der Waals surface area contributed by atoms with E-state index in [0.717, 1.165) is 0 Å². The number of ether oxygens (including phenoxy) is 2. The smallest absolute Gasteiger partial charge is 0.293 e. The Bertz CT molecular complexity index is 957. The summed E-state index contributed by atoms with van der Waals surface area (Å²) in [4.78, 5) is 35.7. The maximum absolute atomic E-state index is 12.6. The molecule has 1 fully saturated rings. The van der Waals surface area contributed by atoms with Crippen molar-refractivity contribution >= 4 is 28.7 Å². The Labute approximate surface area is 165 Å². The molecule has 0 atom stereocenters. The van der Waals surface area contributed by atoms with Crippen molar-refractivity contribution in [1.82, 2.24) is 0 Å². The average Bonchev–Trinajstić information content (AvgIpc) is 2.73. The van der Waals surface area contributed by atoms with Gasteiger partial charge in [-0.2, -0.15) is 0 Å². The molecule has 1 saturated heterocycles. The largest absolute Gasteiger partial charge is 0.494 e. The first kappa shape index (κ1) is 20.0. The fourth-order valence-electron chi connectivity index (χ4n) is 2.97. The van der Waals surface area contributed by atoms with E-state index in [-0.39, 0.29) is 28.4 Å². The van der Waals surface area contributed by atoms with Crippen LogP contribution in [0.25, 0.3) is 0 Å². The maximum atomic E-state index is 12.6. The number of carbonyl (C=O) groups excluding carboxylic acids is 1. The van der Waals surface area contributed by atoms with Gasteiger partial charge in [-0.25, -0.2) is 0 Å². The van der Waals surface area contributed by atoms with Gasteiger partial charge in [0.25, 0.3) is 17.3 Å². The van der Waals surface area contributed by atoms with Crippen LogP contribution in [0.2, 0.25) is 0 Å². The molecular weight excluding hydrogens is 384 g/mol. The van der Waals surface area contributed by atoms with Gasteiger partial charge in [-0.15, -0.1) is 0 Å². The number of nitrogens with one attached hydrogen (secondary N) is 1. The van der Waals surface area contributed by atoms with E-state index in [4.69, 9.17) is 9.47 Å². The van der Waals surface area contributed by atoms with Gasteiger partial charge in [0.1, 0.15) is 11.4 Å². The third kappa shape index (κ3) is 4.41. The van der Waals surface area contributed by atoms with E-state index in [9.17, 15) is 25.0 Å². The Balaban J connectivity index is 1.87. The third-order valence-electron chi connectivity index (χ3n) is 4.43. The van der Waals surface area contributed by atoms with Gasteiger partial charge in [-0.1, -0.05) is 0 Å². The molecule has 29 heavy (non-hydrogen) atoms. The molecule has 2 aromatic rings. The van der Waals surface area contributed by atoms with E-state index < -0.39 is 15.8 Å². The van der Waals surface area contributed by atoms with Crippen LogP contribution in [0.15, 0.2) is 36.4 Å². The Morgan fingerprint density at radius 1 is 1.10 bits per heavy atom. The highest BCUT2D eigenvalue weighted by atomic mass is 16.6. The molecule has 0 spiro atoms. The molecule has 11 nitrogen and oxygen atoms in total. The molecule has 1 heterocycles. The van der Waals surface area contributed by atoms with Crippen LogP contribution in [0.1, 0.15) is 10.4 Å². The Morgan fingerprint density at radius 2 is 1.83 bits per heavy atom. The number of nitrogens with zero attached hydrogens (tertiary/aromatic N) is 3. The molecule has 1 aliphatic rings. The van der Waals surface area contributed by atoms with Crippen LogP contribution in [-0.2, 0) is 4.74 Å². The number of methoxy groups -OCH3 is 1. The zero-order chi connectivity index (χ0) is 21.0. The number of anilines is 2. The van der Waals surface area contributed by atoms with Crippen molar-refractivity contribution in [1.29, 1.82) is 0 Å². The molecule has 0 radical (unpaired) electrons. The van der Waals surface area contributed by atoms with Gasteiger partial charge in [-0.3, -0.25) is 25.0 Å². The molecule has 0 saturated carbocycles. The van der Waals surface area contributed by atoms with Gasteiger partial charge in [0.2, 0.25) is 0 Å². The number of morpholine rings is 1. The SMILES string of the molecule is COc1cc([N+](=O)[O-])ccc1NC(=O)c1ccc(N2CCOCC2)c([N+](=O)[O-])c1. The molecule has 0 aromatic heterocycles. The summed E-state index contributed by atoms with van der Waals surface area (Å²) >= 11 is 0. The summed E-state index contributed by atoms with van der Waals surface area (Å²) in [6, 6.07) is 7.97. The number of benzene rings is 2. The van der Waals surface area contributed by atoms with E-state index in [1.165, 1.54) is 43.5 Å². The Kier molecular flexibility index (Phi) is 5.88. The highest BCUT2D eigenvalue weighted by Gasteiger charge is 2.24. The number of amides is 1. The monoisotopic (exact) mass is 402 g/mol. The quantitative estimate of drug-likeness (QED) is 0.575. The minimum absolute atomic E-state index is 0.0779. The predicted octanol–water partition coefficient (Wildman–Crippen LogP) is 2.60. The maximum Gasteiger partial charge on any atom is 0.293 e. The molecule has 2 aromatic carbocycles. The molecule has 11 heteroatoms. The van der Waals surface area contributed by atoms with Gasteiger partial charge >= 0.3 is 0 Å². The van der Waals surface area contributed by atoms with Crippen molar-refractivity contribution in [2.75, 3.05) is 43.6 Å². The second-order valence-corrected chi connectivity index (χ2v) is 6.16. The first-order valence-corrected chi connectivity index (χ1v) is 8.65. The molecule has 1 aliphatic heterocycles. The van der Waals surface area contributed by atoms with Gasteiger partial charge < -0.3 is 19.7 Å². The molecule has 1 N–H and O–H groups in total. The van der Waals surface area contributed by atoms with Crippen LogP contribution in [0.4, 0.5) is 22.7 Å². The average molecular weight is 402 g/mol. The highest BCUT2D eigenvalue weighted by Crippen LogP contribution is 2.32. The lowest BCUT2D eigenvalue weighted by Gasteiger charge is -2.28. The first-order valence-electron chi connectivity index (χ1n) is 8.65. The fourth-order valence-corrected chi connectivity index (χ4v) is 2.97. The summed E-state index contributed by atoms with van der Waals surface area (Å²) in [7, 11) is 1.32. The fraction of sp³-hybridized carbons (Fsp3) is 0.278. The standard InChI is InChI=1S/C18H18N4O7/c1-28-17-11-13(21(24)25)3-4-14(17)19-18(23)12-2-5-15(16(10-12)22(26)27)20-6-8-29-9-7-20/h2-5,10-11H,6-9H2,1H3,(H,19,23). The van der Waals surface area contributed by atoms with Gasteiger partial charge in [0.15, 0.2) is 0 Å². The van der Waals surface area contributed by atoms with E-state index >= 15 is 0 Å². The number of hydrogen-bond acceptors (Lipinski definition) is 8. The lowest BCUT2D eigenvalue weighted by atomic mass is 10.1. The number of nitro groups is 2. The normalized spacial score (nSPS) is 13.6. The lowest BCUT2D eigenvalue weighted by Crippen LogP contribution is -2.36. The number of rotatable bonds is 6. The minimum Gasteiger partial charge on any atom is -0.494 e. The Hall–Kier alpha value is -3.73. The van der Waals surface area contributed by atoms with Crippen LogP contribution in [0, 0.1) is 20.2 Å². The summed E-state index contributed by atoms with van der Waals surface area (Å²) in [6.45, 7) is 1.98. The van der Waals surface area contributed by atoms with Crippen LogP contribution in [-0.4, -0.2) is 49.2 Å². The molecule has 152 valence electrons. The number of hydrogen-bond donors (Lipinski definition) is 1. The summed E-state index contributed by atoms with van der Waals surface area (Å²) in [5.74, 6) is -0.499. The number of nitro benzene ring substituents is 2. The van der Waals surface area contributed by atoms with Gasteiger partial charge in [0.05, 0.1) is 41.9 Å². The molecule has 0 aliphatic carbocycles. The summed E-state index contributed by atoms with van der Waals surface area (Å²) < 4.78 is 10.4. The minimum atomic E-state index is -0.603. The van der Waals surface area contributed by atoms with Crippen LogP contribution >= 0.6 is 0 Å². The van der Waals surface area contributed by atoms with Crippen LogP contribution in [0.3, 0.4) is 0 Å². The van der Waals surface area contributed by atoms with Crippen LogP contribution in [0.5, 0.6) is 5.75 Å². The zero-order valence-corrected chi connectivity index (χ0v) is 15.5. The summed E-state index contributed by atoms with van der Waals surface area (Å²) in [5.41, 5.74) is 0.334. The van der Waals surface area contributed by atoms with Gasteiger partial charge in [0, 0.05) is 30.8 Å². The molecule has 0 bridgehead atoms. The van der Waals surface area contributed by atoms with Crippen molar-refractivity contribution in [3.05, 3.63) is 62.2 Å². The van der Waals surface area contributed by atoms with Crippen molar-refractivity contribution in [2.24, 2.45) is 0 Å².